The number of nitrogens with zero attached hydrogens (tertiary/aromatic N) is 3. The molecule has 0 saturated heterocycles. The second-order valence-electron chi connectivity index (χ2n) is 6.31. The number of halogens is 2. The van der Waals surface area contributed by atoms with Gasteiger partial charge in [0.2, 0.25) is 15.9 Å². The summed E-state index contributed by atoms with van der Waals surface area (Å²) in [5, 5.41) is 3.96. The Hall–Kier alpha value is -2.07. The molecule has 2 rings (SSSR count). The maximum absolute atomic E-state index is 14.6. The van der Waals surface area contributed by atoms with E-state index in [9.17, 15) is 22.0 Å². The fraction of sp³-hybridized carbons (Fsp3) is 0.529. The smallest absolute Gasteiger partial charge is 0.392 e. The molecule has 1 atom stereocenters. The molecule has 0 aliphatic heterocycles. The average molecular weight is 403 g/mol. The number of hydrogen-bond acceptors (Lipinski definition) is 5. The van der Waals surface area contributed by atoms with Crippen molar-refractivity contribution in [3.8, 4) is 0 Å². The summed E-state index contributed by atoms with van der Waals surface area (Å²) in [5.41, 5.74) is -0.0926. The molecule has 2 aromatic rings. The molecule has 27 heavy (non-hydrogen) atoms. The molecular weight excluding hydrogens is 380 g/mol. The van der Waals surface area contributed by atoms with Gasteiger partial charge in [0.1, 0.15) is 11.6 Å². The summed E-state index contributed by atoms with van der Waals surface area (Å²) in [6, 6.07) is 1.97. The van der Waals surface area contributed by atoms with Gasteiger partial charge in [0.15, 0.2) is 0 Å². The molecule has 1 aromatic heterocycles. The first-order valence-electron chi connectivity index (χ1n) is 8.59. The summed E-state index contributed by atoms with van der Waals surface area (Å²) in [7, 11) is -3.55. The lowest BCUT2D eigenvalue weighted by atomic mass is 9.98. The van der Waals surface area contributed by atoms with E-state index in [2.05, 4.69) is 5.10 Å². The van der Waals surface area contributed by atoms with E-state index in [0.717, 1.165) is 27.4 Å². The molecule has 7 nitrogen and oxygen atoms in total. The lowest BCUT2D eigenvalue weighted by molar-refractivity contribution is 0.399. The Labute approximate surface area is 156 Å². The first-order chi connectivity index (χ1) is 12.6. The van der Waals surface area contributed by atoms with E-state index in [4.69, 9.17) is 4.42 Å². The highest BCUT2D eigenvalue weighted by Crippen LogP contribution is 2.27. The van der Waals surface area contributed by atoms with Gasteiger partial charge >= 0.3 is 5.76 Å². The molecule has 0 N–H and O–H groups in total. The zero-order valence-corrected chi connectivity index (χ0v) is 16.5. The summed E-state index contributed by atoms with van der Waals surface area (Å²) >= 11 is 0. The largest absolute Gasteiger partial charge is 0.437 e. The van der Waals surface area contributed by atoms with E-state index in [1.54, 1.807) is 20.8 Å². The monoisotopic (exact) mass is 403 g/mol. The Kier molecular flexibility index (Phi) is 6.53. The lowest BCUT2D eigenvalue weighted by Crippen LogP contribution is -2.30. The molecule has 1 aromatic carbocycles. The lowest BCUT2D eigenvalue weighted by Gasteiger charge is -2.20. The number of aromatic nitrogens is 2. The van der Waals surface area contributed by atoms with Crippen molar-refractivity contribution >= 4 is 10.0 Å². The van der Waals surface area contributed by atoms with Gasteiger partial charge in [0, 0.05) is 30.8 Å². The SMILES string of the molecule is CCCN(Cc1cc(F)c(C(C)c2nn(CC)c(=O)o2)cc1F)S(C)(=O)=O. The van der Waals surface area contributed by atoms with E-state index in [-0.39, 0.29) is 30.1 Å². The van der Waals surface area contributed by atoms with Crippen LogP contribution in [-0.2, 0) is 23.1 Å². The van der Waals surface area contributed by atoms with E-state index >= 15 is 0 Å². The molecule has 0 aliphatic rings. The predicted molar refractivity (Wildman–Crippen MR) is 95.9 cm³/mol. The Morgan fingerprint density at radius 1 is 1.26 bits per heavy atom. The fourth-order valence-electron chi connectivity index (χ4n) is 2.69. The standard InChI is InChI=1S/C17H23F2N3O4S/c1-5-7-21(27(4,24)25)10-12-8-15(19)13(9-14(12)18)11(3)16-20-22(6-2)17(23)26-16/h8-9,11H,5-7,10H2,1-4H3. The normalized spacial score (nSPS) is 13.3. The molecular formula is C17H23F2N3O4S. The average Bonchev–Trinajstić information content (AvgIpc) is 2.96. The molecule has 0 saturated carbocycles. The Morgan fingerprint density at radius 2 is 1.93 bits per heavy atom. The van der Waals surface area contributed by atoms with Gasteiger partial charge in [-0.25, -0.2) is 22.0 Å². The van der Waals surface area contributed by atoms with Crippen LogP contribution in [0.15, 0.2) is 21.3 Å². The highest BCUT2D eigenvalue weighted by Gasteiger charge is 2.24. The third-order valence-corrected chi connectivity index (χ3v) is 5.46. The zero-order chi connectivity index (χ0) is 20.4. The summed E-state index contributed by atoms with van der Waals surface area (Å²) in [6.07, 6.45) is 1.57. The van der Waals surface area contributed by atoms with Gasteiger partial charge in [-0.15, -0.1) is 5.10 Å². The van der Waals surface area contributed by atoms with Gasteiger partial charge in [-0.05, 0) is 32.4 Å². The van der Waals surface area contributed by atoms with Crippen LogP contribution in [0.3, 0.4) is 0 Å². The first kappa shape index (κ1) is 21.2. The second-order valence-corrected chi connectivity index (χ2v) is 8.29. The van der Waals surface area contributed by atoms with Crippen molar-refractivity contribution in [2.24, 2.45) is 0 Å². The summed E-state index contributed by atoms with van der Waals surface area (Å²) in [4.78, 5) is 11.6. The molecule has 0 radical (unpaired) electrons. The Balaban J connectivity index is 2.36. The molecule has 150 valence electrons. The minimum absolute atomic E-state index is 0.0170. The van der Waals surface area contributed by atoms with Crippen molar-refractivity contribution in [3.05, 3.63) is 51.3 Å². The van der Waals surface area contributed by atoms with E-state index in [0.29, 0.717) is 13.0 Å². The minimum atomic E-state index is -3.55. The molecule has 0 fully saturated rings. The van der Waals surface area contributed by atoms with Crippen LogP contribution in [-0.4, -0.2) is 35.3 Å². The molecule has 0 spiro atoms. The van der Waals surface area contributed by atoms with Crippen LogP contribution in [0, 0.1) is 11.6 Å². The van der Waals surface area contributed by atoms with Crippen LogP contribution in [0.2, 0.25) is 0 Å². The minimum Gasteiger partial charge on any atom is -0.392 e. The number of rotatable bonds is 8. The molecule has 1 heterocycles. The highest BCUT2D eigenvalue weighted by atomic mass is 32.2. The Morgan fingerprint density at radius 3 is 2.44 bits per heavy atom. The van der Waals surface area contributed by atoms with Gasteiger partial charge in [-0.3, -0.25) is 0 Å². The molecule has 0 aliphatic carbocycles. The van der Waals surface area contributed by atoms with Gasteiger partial charge in [-0.1, -0.05) is 6.92 Å². The van der Waals surface area contributed by atoms with Crippen LogP contribution < -0.4 is 5.76 Å². The number of sulfonamides is 1. The van der Waals surface area contributed by atoms with Gasteiger partial charge < -0.3 is 4.42 Å². The van der Waals surface area contributed by atoms with E-state index in [1.807, 2.05) is 0 Å². The molecule has 1 unspecified atom stereocenters. The topological polar surface area (TPSA) is 85.4 Å². The summed E-state index contributed by atoms with van der Waals surface area (Å²) < 4.78 is 59.9. The number of hydrogen-bond donors (Lipinski definition) is 0. The van der Waals surface area contributed by atoms with E-state index in [1.165, 1.54) is 0 Å². The van der Waals surface area contributed by atoms with Crippen LogP contribution >= 0.6 is 0 Å². The molecule has 0 bridgehead atoms. The summed E-state index contributed by atoms with van der Waals surface area (Å²) in [6.45, 7) is 5.29. The first-order valence-corrected chi connectivity index (χ1v) is 10.4. The van der Waals surface area contributed by atoms with Gasteiger partial charge in [0.25, 0.3) is 0 Å². The second kappa shape index (κ2) is 8.30. The maximum atomic E-state index is 14.6. The number of aryl methyl sites for hydroxylation is 1. The van der Waals surface area contributed by atoms with Crippen molar-refractivity contribution < 1.29 is 21.6 Å². The third kappa shape index (κ3) is 4.81. The van der Waals surface area contributed by atoms with Crippen LogP contribution in [0.25, 0.3) is 0 Å². The number of benzene rings is 1. The van der Waals surface area contributed by atoms with Gasteiger partial charge in [0.05, 0.1) is 12.2 Å². The summed E-state index contributed by atoms with van der Waals surface area (Å²) in [5.74, 6) is -2.93. The molecule has 0 amide bonds. The Bertz CT molecular complexity index is 969. The van der Waals surface area contributed by atoms with Crippen molar-refractivity contribution in [3.63, 3.8) is 0 Å². The van der Waals surface area contributed by atoms with Crippen molar-refractivity contribution in [2.45, 2.75) is 46.2 Å². The van der Waals surface area contributed by atoms with Crippen LogP contribution in [0.5, 0.6) is 0 Å². The van der Waals surface area contributed by atoms with Crippen molar-refractivity contribution in [1.82, 2.24) is 14.1 Å². The van der Waals surface area contributed by atoms with Crippen molar-refractivity contribution in [2.75, 3.05) is 12.8 Å². The maximum Gasteiger partial charge on any atom is 0.437 e. The zero-order valence-electron chi connectivity index (χ0n) is 15.7. The molecule has 10 heteroatoms. The quantitative estimate of drug-likeness (QED) is 0.676. The van der Waals surface area contributed by atoms with Crippen molar-refractivity contribution in [1.29, 1.82) is 0 Å². The fourth-order valence-corrected chi connectivity index (χ4v) is 3.58. The van der Waals surface area contributed by atoms with Crippen LogP contribution in [0.1, 0.15) is 50.1 Å². The van der Waals surface area contributed by atoms with E-state index < -0.39 is 33.3 Å². The third-order valence-electron chi connectivity index (χ3n) is 4.21. The van der Waals surface area contributed by atoms with Crippen LogP contribution in [0.4, 0.5) is 8.78 Å². The predicted octanol–water partition coefficient (Wildman–Crippen LogP) is 2.46. The van der Waals surface area contributed by atoms with Gasteiger partial charge in [-0.2, -0.15) is 8.99 Å². The highest BCUT2D eigenvalue weighted by molar-refractivity contribution is 7.88.